The van der Waals surface area contributed by atoms with Crippen molar-refractivity contribution >= 4 is 49.3 Å². The lowest BCUT2D eigenvalue weighted by Gasteiger charge is -2.09. The number of nitrogens with one attached hydrogen (secondary N) is 2. The Morgan fingerprint density at radius 3 is 2.78 bits per heavy atom. The number of rotatable bonds is 3. The number of nitrogens with two attached hydrogens (primary N) is 1. The molecule has 1 aromatic carbocycles. The van der Waals surface area contributed by atoms with E-state index < -0.39 is 5.82 Å². The summed E-state index contributed by atoms with van der Waals surface area (Å²) in [5.41, 5.74) is 2.93. The lowest BCUT2D eigenvalue weighted by Crippen LogP contribution is -2.12. The van der Waals surface area contributed by atoms with E-state index in [0.29, 0.717) is 5.69 Å². The van der Waals surface area contributed by atoms with Crippen LogP contribution in [0, 0.1) is 5.82 Å². The summed E-state index contributed by atoms with van der Waals surface area (Å²) in [5, 5.41) is 2.86. The van der Waals surface area contributed by atoms with E-state index in [9.17, 15) is 4.39 Å². The molecule has 5 nitrogen and oxygen atoms in total. The van der Waals surface area contributed by atoms with Crippen LogP contribution in [0.15, 0.2) is 33.3 Å². The van der Waals surface area contributed by atoms with Crippen LogP contribution in [-0.4, -0.2) is 9.97 Å². The number of halogens is 3. The number of nitrogen functional groups attached to an aromatic ring is 1. The van der Waals surface area contributed by atoms with Crippen molar-refractivity contribution in [3.05, 3.63) is 39.2 Å². The number of hydrogen-bond acceptors (Lipinski definition) is 5. The molecule has 0 unspecified atom stereocenters. The Morgan fingerprint density at radius 1 is 1.28 bits per heavy atom. The SMILES string of the molecule is NNc1ncc(F)c(Nc2cc(Br)ccc2Br)n1. The fourth-order valence-corrected chi connectivity index (χ4v) is 1.95. The first kappa shape index (κ1) is 13.2. The average molecular weight is 377 g/mol. The number of nitrogens with zero attached hydrogens (tertiary/aromatic N) is 2. The van der Waals surface area contributed by atoms with Crippen LogP contribution in [0.4, 0.5) is 21.8 Å². The van der Waals surface area contributed by atoms with Crippen molar-refractivity contribution < 1.29 is 4.39 Å². The predicted octanol–water partition coefficient (Wildman–Crippen LogP) is 3.17. The Morgan fingerprint density at radius 2 is 2.06 bits per heavy atom. The van der Waals surface area contributed by atoms with Crippen molar-refractivity contribution in [2.24, 2.45) is 5.84 Å². The quantitative estimate of drug-likeness (QED) is 0.566. The summed E-state index contributed by atoms with van der Waals surface area (Å²) in [6.07, 6.45) is 1.04. The van der Waals surface area contributed by atoms with Crippen molar-refractivity contribution in [3.63, 3.8) is 0 Å². The van der Waals surface area contributed by atoms with Gasteiger partial charge in [-0.3, -0.25) is 5.43 Å². The lowest BCUT2D eigenvalue weighted by atomic mass is 10.3. The van der Waals surface area contributed by atoms with Crippen molar-refractivity contribution in [2.45, 2.75) is 0 Å². The molecule has 2 rings (SSSR count). The van der Waals surface area contributed by atoms with Gasteiger partial charge in [-0.15, -0.1) is 0 Å². The van der Waals surface area contributed by atoms with E-state index in [1.165, 1.54) is 0 Å². The zero-order valence-electron chi connectivity index (χ0n) is 8.92. The van der Waals surface area contributed by atoms with Gasteiger partial charge in [0, 0.05) is 8.95 Å². The third-order valence-corrected chi connectivity index (χ3v) is 3.24. The second kappa shape index (κ2) is 5.59. The molecule has 0 radical (unpaired) electrons. The second-order valence-corrected chi connectivity index (χ2v) is 5.05. The highest BCUT2D eigenvalue weighted by Crippen LogP contribution is 2.29. The van der Waals surface area contributed by atoms with Gasteiger partial charge in [0.1, 0.15) is 0 Å². The van der Waals surface area contributed by atoms with Crippen LogP contribution in [0.5, 0.6) is 0 Å². The predicted molar refractivity (Wildman–Crippen MR) is 74.9 cm³/mol. The zero-order chi connectivity index (χ0) is 13.1. The van der Waals surface area contributed by atoms with Gasteiger partial charge in [0.2, 0.25) is 5.95 Å². The first-order valence-corrected chi connectivity index (χ1v) is 6.40. The molecule has 0 saturated carbocycles. The van der Waals surface area contributed by atoms with E-state index in [2.05, 4.69) is 52.6 Å². The van der Waals surface area contributed by atoms with Crippen LogP contribution >= 0.6 is 31.9 Å². The molecule has 0 spiro atoms. The summed E-state index contributed by atoms with van der Waals surface area (Å²) in [6.45, 7) is 0. The summed E-state index contributed by atoms with van der Waals surface area (Å²) in [6, 6.07) is 5.48. The summed E-state index contributed by atoms with van der Waals surface area (Å²) < 4.78 is 15.2. The molecule has 2 aromatic rings. The van der Waals surface area contributed by atoms with Crippen molar-refractivity contribution in [1.29, 1.82) is 0 Å². The Hall–Kier alpha value is -1.25. The second-order valence-electron chi connectivity index (χ2n) is 3.28. The van der Waals surface area contributed by atoms with Crippen molar-refractivity contribution in [3.8, 4) is 0 Å². The highest BCUT2D eigenvalue weighted by atomic mass is 79.9. The molecule has 0 amide bonds. The van der Waals surface area contributed by atoms with Gasteiger partial charge in [0.15, 0.2) is 11.6 Å². The van der Waals surface area contributed by atoms with Gasteiger partial charge in [-0.1, -0.05) is 15.9 Å². The number of aromatic nitrogens is 2. The average Bonchev–Trinajstić information content (AvgIpc) is 2.36. The van der Waals surface area contributed by atoms with Crippen LogP contribution < -0.4 is 16.6 Å². The molecular weight excluding hydrogens is 369 g/mol. The molecule has 0 aliphatic rings. The first-order chi connectivity index (χ1) is 8.60. The molecule has 1 heterocycles. The number of hydrogen-bond donors (Lipinski definition) is 3. The Labute approximate surface area is 119 Å². The molecule has 0 bridgehead atoms. The number of hydrazine groups is 1. The first-order valence-electron chi connectivity index (χ1n) is 4.81. The van der Waals surface area contributed by atoms with Crippen LogP contribution in [0.2, 0.25) is 0 Å². The minimum absolute atomic E-state index is 0.0387. The maximum atomic E-state index is 13.5. The van der Waals surface area contributed by atoms with Crippen LogP contribution in [-0.2, 0) is 0 Å². The third-order valence-electron chi connectivity index (χ3n) is 2.05. The maximum Gasteiger partial charge on any atom is 0.239 e. The van der Waals surface area contributed by atoms with E-state index in [1.807, 2.05) is 12.1 Å². The largest absolute Gasteiger partial charge is 0.337 e. The summed E-state index contributed by atoms with van der Waals surface area (Å²) in [7, 11) is 0. The van der Waals surface area contributed by atoms with Gasteiger partial charge < -0.3 is 5.32 Å². The minimum atomic E-state index is -0.569. The molecule has 0 aliphatic carbocycles. The fraction of sp³-hybridized carbons (Fsp3) is 0. The molecule has 4 N–H and O–H groups in total. The molecular formula is C10H8Br2FN5. The van der Waals surface area contributed by atoms with Crippen LogP contribution in [0.1, 0.15) is 0 Å². The number of anilines is 3. The maximum absolute atomic E-state index is 13.5. The monoisotopic (exact) mass is 375 g/mol. The van der Waals surface area contributed by atoms with E-state index in [0.717, 1.165) is 15.1 Å². The zero-order valence-corrected chi connectivity index (χ0v) is 12.1. The van der Waals surface area contributed by atoms with E-state index in [1.54, 1.807) is 6.07 Å². The Balaban J connectivity index is 2.36. The summed E-state index contributed by atoms with van der Waals surface area (Å²) in [4.78, 5) is 7.54. The van der Waals surface area contributed by atoms with Gasteiger partial charge in [-0.05, 0) is 34.1 Å². The molecule has 18 heavy (non-hydrogen) atoms. The van der Waals surface area contributed by atoms with Gasteiger partial charge in [0.25, 0.3) is 0 Å². The molecule has 1 aromatic heterocycles. The Kier molecular flexibility index (Phi) is 4.10. The molecule has 0 atom stereocenters. The van der Waals surface area contributed by atoms with Gasteiger partial charge in [-0.2, -0.15) is 4.98 Å². The molecule has 0 saturated heterocycles. The van der Waals surface area contributed by atoms with E-state index >= 15 is 0 Å². The normalized spacial score (nSPS) is 10.2. The number of benzene rings is 1. The highest BCUT2D eigenvalue weighted by Gasteiger charge is 2.09. The minimum Gasteiger partial charge on any atom is -0.337 e. The topological polar surface area (TPSA) is 75.9 Å². The van der Waals surface area contributed by atoms with Gasteiger partial charge in [-0.25, -0.2) is 15.2 Å². The smallest absolute Gasteiger partial charge is 0.239 e. The summed E-state index contributed by atoms with van der Waals surface area (Å²) in [5.74, 6) is 4.77. The fourth-order valence-electron chi connectivity index (χ4n) is 1.25. The molecule has 0 aliphatic heterocycles. The Bertz CT molecular complexity index is 578. The molecule has 8 heteroatoms. The van der Waals surface area contributed by atoms with Crippen molar-refractivity contribution in [1.82, 2.24) is 9.97 Å². The third kappa shape index (κ3) is 2.95. The lowest BCUT2D eigenvalue weighted by molar-refractivity contribution is 0.619. The summed E-state index contributed by atoms with van der Waals surface area (Å²) >= 11 is 6.70. The highest BCUT2D eigenvalue weighted by molar-refractivity contribution is 9.11. The van der Waals surface area contributed by atoms with Crippen molar-refractivity contribution in [2.75, 3.05) is 10.7 Å². The van der Waals surface area contributed by atoms with Crippen LogP contribution in [0.3, 0.4) is 0 Å². The van der Waals surface area contributed by atoms with Gasteiger partial charge >= 0.3 is 0 Å². The molecule has 0 fully saturated rings. The van der Waals surface area contributed by atoms with Crippen LogP contribution in [0.25, 0.3) is 0 Å². The van der Waals surface area contributed by atoms with E-state index in [4.69, 9.17) is 5.84 Å². The molecule has 94 valence electrons. The standard InChI is InChI=1S/C10H8Br2FN5/c11-5-1-2-6(12)8(3-5)16-9-7(13)4-15-10(17-9)18-14/h1-4H,14H2,(H2,15,16,17,18). The van der Waals surface area contributed by atoms with E-state index in [-0.39, 0.29) is 11.8 Å². The van der Waals surface area contributed by atoms with Gasteiger partial charge in [0.05, 0.1) is 11.9 Å².